The molecule has 0 aliphatic rings. The molecule has 4 nitrogen and oxygen atoms in total. The van der Waals surface area contributed by atoms with E-state index in [-0.39, 0.29) is 11.7 Å². The monoisotopic (exact) mass is 252 g/mol. The minimum Gasteiger partial charge on any atom is -0.508 e. The first-order valence-corrected chi connectivity index (χ1v) is 6.12. The molecule has 1 aromatic rings. The lowest BCUT2D eigenvalue weighted by Gasteiger charge is -2.16. The predicted octanol–water partition coefficient (Wildman–Crippen LogP) is 2.08. The molecule has 1 rings (SSSR count). The topological polar surface area (TPSA) is 55.8 Å². The minimum atomic E-state index is -0.588. The normalized spacial score (nSPS) is 12.2. The van der Waals surface area contributed by atoms with Gasteiger partial charge in [0.25, 0.3) is 0 Å². The molecule has 0 saturated heterocycles. The lowest BCUT2D eigenvalue weighted by Crippen LogP contribution is -2.28. The smallest absolute Gasteiger partial charge is 0.335 e. The van der Waals surface area contributed by atoms with Crippen molar-refractivity contribution >= 4 is 5.97 Å². The zero-order chi connectivity index (χ0) is 13.5. The van der Waals surface area contributed by atoms with Crippen molar-refractivity contribution in [2.24, 2.45) is 0 Å². The fraction of sp³-hybridized carbons (Fsp3) is 0.500. The lowest BCUT2D eigenvalue weighted by molar-refractivity contribution is -0.153. The second-order valence-corrected chi connectivity index (χ2v) is 3.98. The summed E-state index contributed by atoms with van der Waals surface area (Å²) in [4.78, 5) is 11.6. The number of hydrogen-bond acceptors (Lipinski definition) is 4. The third-order valence-corrected chi connectivity index (χ3v) is 2.81. The van der Waals surface area contributed by atoms with Gasteiger partial charge in [0.1, 0.15) is 5.75 Å². The zero-order valence-electron chi connectivity index (χ0n) is 11.1. The maximum atomic E-state index is 11.6. The van der Waals surface area contributed by atoms with Crippen LogP contribution < -0.4 is 0 Å². The molecule has 0 amide bonds. The summed E-state index contributed by atoms with van der Waals surface area (Å²) in [6.07, 6.45) is 0.670. The third kappa shape index (κ3) is 3.74. The van der Waals surface area contributed by atoms with Crippen molar-refractivity contribution in [2.75, 3.05) is 13.7 Å². The van der Waals surface area contributed by atoms with Crippen LogP contribution in [0.25, 0.3) is 0 Å². The maximum Gasteiger partial charge on any atom is 0.335 e. The summed E-state index contributed by atoms with van der Waals surface area (Å²) >= 11 is 0. The van der Waals surface area contributed by atoms with Crippen molar-refractivity contribution in [3.63, 3.8) is 0 Å². The summed E-state index contributed by atoms with van der Waals surface area (Å²) in [6.45, 7) is 4.30. The Morgan fingerprint density at radius 2 is 2.06 bits per heavy atom. The highest BCUT2D eigenvalue weighted by atomic mass is 16.6. The number of phenolic OH excluding ortho intramolecular Hbond substituents is 1. The third-order valence-electron chi connectivity index (χ3n) is 2.81. The molecule has 18 heavy (non-hydrogen) atoms. The van der Waals surface area contributed by atoms with Crippen molar-refractivity contribution < 1.29 is 19.4 Å². The van der Waals surface area contributed by atoms with E-state index in [4.69, 9.17) is 9.47 Å². The number of aryl methyl sites for hydroxylation is 1. The summed E-state index contributed by atoms with van der Waals surface area (Å²) in [5.41, 5.74) is 2.02. The van der Waals surface area contributed by atoms with E-state index < -0.39 is 6.10 Å². The molecule has 0 aliphatic heterocycles. The molecule has 0 heterocycles. The van der Waals surface area contributed by atoms with E-state index in [2.05, 4.69) is 0 Å². The summed E-state index contributed by atoms with van der Waals surface area (Å²) in [6, 6.07) is 5.16. The van der Waals surface area contributed by atoms with Crippen LogP contribution in [0.2, 0.25) is 0 Å². The predicted molar refractivity (Wildman–Crippen MR) is 68.6 cm³/mol. The molecule has 0 saturated carbocycles. The van der Waals surface area contributed by atoms with E-state index in [0.717, 1.165) is 17.5 Å². The van der Waals surface area contributed by atoms with Crippen LogP contribution in [0, 0.1) is 0 Å². The van der Waals surface area contributed by atoms with Crippen molar-refractivity contribution in [3.05, 3.63) is 29.3 Å². The standard InChI is InChI=1S/C14H20O4/c1-4-10-8-12(15)7-6-11(10)9-13(18-5-2)14(16)17-3/h6-8,13,15H,4-5,9H2,1-3H3/t13-/m0/s1. The first-order chi connectivity index (χ1) is 8.62. The van der Waals surface area contributed by atoms with Gasteiger partial charge in [-0.3, -0.25) is 0 Å². The zero-order valence-corrected chi connectivity index (χ0v) is 11.1. The highest BCUT2D eigenvalue weighted by molar-refractivity contribution is 5.75. The molecular formula is C14H20O4. The largest absolute Gasteiger partial charge is 0.508 e. The Balaban J connectivity index is 2.89. The van der Waals surface area contributed by atoms with Gasteiger partial charge in [0.05, 0.1) is 7.11 Å². The average Bonchev–Trinajstić information content (AvgIpc) is 2.39. The van der Waals surface area contributed by atoms with E-state index >= 15 is 0 Å². The Morgan fingerprint density at radius 1 is 1.33 bits per heavy atom. The molecule has 0 radical (unpaired) electrons. The summed E-state index contributed by atoms with van der Waals surface area (Å²) in [7, 11) is 1.35. The number of carbonyl (C=O) groups is 1. The highest BCUT2D eigenvalue weighted by Crippen LogP contribution is 2.19. The number of carbonyl (C=O) groups excluding carboxylic acids is 1. The van der Waals surface area contributed by atoms with Gasteiger partial charge in [-0.1, -0.05) is 13.0 Å². The maximum absolute atomic E-state index is 11.6. The molecule has 100 valence electrons. The fourth-order valence-corrected chi connectivity index (χ4v) is 1.88. The second-order valence-electron chi connectivity index (χ2n) is 3.98. The Bertz CT molecular complexity index is 401. The van der Waals surface area contributed by atoms with Gasteiger partial charge in [-0.25, -0.2) is 4.79 Å². The molecule has 0 fully saturated rings. The lowest BCUT2D eigenvalue weighted by atomic mass is 9.99. The fourth-order valence-electron chi connectivity index (χ4n) is 1.88. The number of methoxy groups -OCH3 is 1. The van der Waals surface area contributed by atoms with E-state index in [1.54, 1.807) is 12.1 Å². The average molecular weight is 252 g/mol. The van der Waals surface area contributed by atoms with Gasteiger partial charge in [0.2, 0.25) is 0 Å². The summed E-state index contributed by atoms with van der Waals surface area (Å²) < 4.78 is 10.1. The Kier molecular flexibility index (Phi) is 5.65. The molecule has 4 heteroatoms. The van der Waals surface area contributed by atoms with Crippen LogP contribution in [0.4, 0.5) is 0 Å². The van der Waals surface area contributed by atoms with Crippen LogP contribution in [-0.2, 0) is 27.1 Å². The van der Waals surface area contributed by atoms with Crippen LogP contribution >= 0.6 is 0 Å². The molecule has 1 aromatic carbocycles. The molecule has 0 spiro atoms. The number of ether oxygens (including phenoxy) is 2. The molecule has 0 aliphatic carbocycles. The number of hydrogen-bond donors (Lipinski definition) is 1. The minimum absolute atomic E-state index is 0.238. The molecule has 1 N–H and O–H groups in total. The van der Waals surface area contributed by atoms with E-state index in [1.807, 2.05) is 19.9 Å². The number of esters is 1. The number of aromatic hydroxyl groups is 1. The first-order valence-electron chi connectivity index (χ1n) is 6.12. The second kappa shape index (κ2) is 7.01. The van der Waals surface area contributed by atoms with Crippen LogP contribution in [0.15, 0.2) is 18.2 Å². The molecule has 1 atom stereocenters. The number of benzene rings is 1. The van der Waals surface area contributed by atoms with Crippen molar-refractivity contribution in [1.29, 1.82) is 0 Å². The van der Waals surface area contributed by atoms with Gasteiger partial charge in [-0.15, -0.1) is 0 Å². The molecule has 0 unspecified atom stereocenters. The van der Waals surface area contributed by atoms with Crippen molar-refractivity contribution in [3.8, 4) is 5.75 Å². The van der Waals surface area contributed by atoms with Crippen molar-refractivity contribution in [1.82, 2.24) is 0 Å². The highest BCUT2D eigenvalue weighted by Gasteiger charge is 2.21. The van der Waals surface area contributed by atoms with Gasteiger partial charge in [0, 0.05) is 13.0 Å². The van der Waals surface area contributed by atoms with Gasteiger partial charge >= 0.3 is 5.97 Å². The Hall–Kier alpha value is -1.55. The Labute approximate surface area is 108 Å². The summed E-state index contributed by atoms with van der Waals surface area (Å²) in [5.74, 6) is -0.131. The summed E-state index contributed by atoms with van der Waals surface area (Å²) in [5, 5.41) is 9.44. The van der Waals surface area contributed by atoms with Crippen LogP contribution in [0.1, 0.15) is 25.0 Å². The van der Waals surface area contributed by atoms with Crippen molar-refractivity contribution in [2.45, 2.75) is 32.8 Å². The van der Waals surface area contributed by atoms with Crippen LogP contribution in [-0.4, -0.2) is 30.9 Å². The van der Waals surface area contributed by atoms with Gasteiger partial charge < -0.3 is 14.6 Å². The molecule has 0 aromatic heterocycles. The van der Waals surface area contributed by atoms with Crippen LogP contribution in [0.3, 0.4) is 0 Å². The van der Waals surface area contributed by atoms with E-state index in [0.29, 0.717) is 13.0 Å². The molecule has 0 bridgehead atoms. The van der Waals surface area contributed by atoms with Gasteiger partial charge in [0.15, 0.2) is 6.10 Å². The first kappa shape index (κ1) is 14.5. The Morgan fingerprint density at radius 3 is 2.61 bits per heavy atom. The molecular weight excluding hydrogens is 232 g/mol. The SMILES string of the molecule is CCO[C@@H](Cc1ccc(O)cc1CC)C(=O)OC. The van der Waals surface area contributed by atoms with E-state index in [9.17, 15) is 9.90 Å². The van der Waals surface area contributed by atoms with Gasteiger partial charge in [-0.2, -0.15) is 0 Å². The van der Waals surface area contributed by atoms with Gasteiger partial charge in [-0.05, 0) is 36.6 Å². The number of rotatable bonds is 6. The quantitative estimate of drug-likeness (QED) is 0.787. The number of phenols is 1. The van der Waals surface area contributed by atoms with E-state index in [1.165, 1.54) is 7.11 Å². The van der Waals surface area contributed by atoms with Crippen LogP contribution in [0.5, 0.6) is 5.75 Å².